The molecule has 1 aliphatic rings. The lowest BCUT2D eigenvalue weighted by Crippen LogP contribution is -2.36. The molecule has 0 fully saturated rings. The van der Waals surface area contributed by atoms with Gasteiger partial charge in [0.2, 0.25) is 0 Å². The van der Waals surface area contributed by atoms with E-state index < -0.39 is 0 Å². The Balaban J connectivity index is 2.24. The van der Waals surface area contributed by atoms with Gasteiger partial charge in [0.05, 0.1) is 12.2 Å². The van der Waals surface area contributed by atoms with Crippen molar-refractivity contribution in [2.45, 2.75) is 0 Å². The molecule has 4 nitrogen and oxygen atoms in total. The lowest BCUT2D eigenvalue weighted by molar-refractivity contribution is -0.127. The van der Waals surface area contributed by atoms with E-state index in [9.17, 15) is 4.79 Å². The minimum atomic E-state index is -0.135. The number of amides is 1. The van der Waals surface area contributed by atoms with Gasteiger partial charge in [0.25, 0.3) is 5.91 Å². The van der Waals surface area contributed by atoms with E-state index in [-0.39, 0.29) is 25.7 Å². The van der Waals surface area contributed by atoms with Crippen molar-refractivity contribution in [1.29, 1.82) is 0 Å². The number of rotatable bonds is 5. The second-order valence-corrected chi connectivity index (χ2v) is 5.32. The highest BCUT2D eigenvalue weighted by molar-refractivity contribution is 9.10. The fraction of sp³-hybridized carbons (Fsp3) is 0.267. The molecule has 106 valence electrons. The van der Waals surface area contributed by atoms with E-state index in [1.165, 1.54) is 0 Å². The Kier molecular flexibility index (Phi) is 4.98. The first kappa shape index (κ1) is 14.8. The maximum Gasteiger partial charge on any atom is 0.253 e. The number of aliphatic hydroxyl groups excluding tert-OH is 1. The molecule has 1 aromatic rings. The summed E-state index contributed by atoms with van der Waals surface area (Å²) in [6, 6.07) is 5.67. The van der Waals surface area contributed by atoms with Crippen LogP contribution in [0, 0.1) is 0 Å². The van der Waals surface area contributed by atoms with E-state index in [1.54, 1.807) is 11.0 Å². The highest BCUT2D eigenvalue weighted by Crippen LogP contribution is 2.29. The largest absolute Gasteiger partial charge is 0.488 e. The smallest absolute Gasteiger partial charge is 0.253 e. The van der Waals surface area contributed by atoms with Gasteiger partial charge in [0, 0.05) is 23.1 Å². The summed E-state index contributed by atoms with van der Waals surface area (Å²) in [5.41, 5.74) is 1.45. The molecule has 0 saturated carbocycles. The van der Waals surface area contributed by atoms with Gasteiger partial charge in [0.15, 0.2) is 0 Å². The second kappa shape index (κ2) is 6.72. The van der Waals surface area contributed by atoms with Gasteiger partial charge < -0.3 is 14.7 Å². The first-order valence-electron chi connectivity index (χ1n) is 6.29. The number of ether oxygens (including phenoxy) is 1. The van der Waals surface area contributed by atoms with Crippen LogP contribution in [0.25, 0.3) is 6.08 Å². The zero-order valence-corrected chi connectivity index (χ0v) is 12.6. The Morgan fingerprint density at radius 3 is 3.05 bits per heavy atom. The van der Waals surface area contributed by atoms with Crippen molar-refractivity contribution in [2.24, 2.45) is 0 Å². The summed E-state index contributed by atoms with van der Waals surface area (Å²) in [6.45, 7) is 4.48. The number of fused-ring (bicyclic) bond motifs is 1. The Morgan fingerprint density at radius 2 is 2.35 bits per heavy atom. The molecule has 1 aromatic carbocycles. The van der Waals surface area contributed by atoms with Gasteiger partial charge in [-0.15, -0.1) is 6.58 Å². The third-order valence-corrected chi connectivity index (χ3v) is 3.46. The van der Waals surface area contributed by atoms with E-state index in [0.717, 1.165) is 15.8 Å². The average molecular weight is 338 g/mol. The fourth-order valence-electron chi connectivity index (χ4n) is 2.03. The van der Waals surface area contributed by atoms with E-state index in [4.69, 9.17) is 9.84 Å². The summed E-state index contributed by atoms with van der Waals surface area (Å²) < 4.78 is 6.53. The quantitative estimate of drug-likeness (QED) is 0.838. The summed E-state index contributed by atoms with van der Waals surface area (Å²) >= 11 is 3.40. The molecule has 1 aliphatic heterocycles. The van der Waals surface area contributed by atoms with Crippen LogP contribution < -0.4 is 4.74 Å². The van der Waals surface area contributed by atoms with E-state index in [1.807, 2.05) is 24.3 Å². The minimum absolute atomic E-state index is 0.0736. The Bertz CT molecular complexity index is 554. The Morgan fingerprint density at radius 1 is 1.55 bits per heavy atom. The van der Waals surface area contributed by atoms with Gasteiger partial charge in [0.1, 0.15) is 12.4 Å². The summed E-state index contributed by atoms with van der Waals surface area (Å²) in [6.07, 6.45) is 3.47. The highest BCUT2D eigenvalue weighted by atomic mass is 79.9. The fourth-order valence-corrected chi connectivity index (χ4v) is 2.41. The number of halogens is 1. The molecule has 0 bridgehead atoms. The zero-order valence-electron chi connectivity index (χ0n) is 11.0. The maximum atomic E-state index is 12.4. The van der Waals surface area contributed by atoms with Gasteiger partial charge in [-0.2, -0.15) is 0 Å². The molecule has 0 radical (unpaired) electrons. The van der Waals surface area contributed by atoms with Crippen molar-refractivity contribution in [3.63, 3.8) is 0 Å². The summed E-state index contributed by atoms with van der Waals surface area (Å²) in [4.78, 5) is 13.9. The van der Waals surface area contributed by atoms with E-state index in [2.05, 4.69) is 22.5 Å². The summed E-state index contributed by atoms with van der Waals surface area (Å²) in [5.74, 6) is 0.631. The van der Waals surface area contributed by atoms with Crippen LogP contribution in [-0.4, -0.2) is 42.2 Å². The molecule has 0 spiro atoms. The molecule has 5 heteroatoms. The second-order valence-electron chi connectivity index (χ2n) is 4.40. The standard InChI is InChI=1S/C15H16BrNO3/c1-2-5-17(6-7-18)15(19)12-8-11-9-13(16)3-4-14(11)20-10-12/h2-4,8-9,18H,1,5-7,10H2. The Hall–Kier alpha value is -1.59. The molecule has 0 atom stereocenters. The van der Waals surface area contributed by atoms with E-state index in [0.29, 0.717) is 12.1 Å². The van der Waals surface area contributed by atoms with Crippen LogP contribution in [0.4, 0.5) is 0 Å². The topological polar surface area (TPSA) is 49.8 Å². The van der Waals surface area contributed by atoms with Crippen molar-refractivity contribution in [2.75, 3.05) is 26.3 Å². The van der Waals surface area contributed by atoms with E-state index >= 15 is 0 Å². The monoisotopic (exact) mass is 337 g/mol. The first-order chi connectivity index (χ1) is 9.65. The molecule has 0 saturated heterocycles. The normalized spacial score (nSPS) is 13.0. The van der Waals surface area contributed by atoms with Crippen LogP contribution in [0.2, 0.25) is 0 Å². The van der Waals surface area contributed by atoms with Gasteiger partial charge >= 0.3 is 0 Å². The highest BCUT2D eigenvalue weighted by Gasteiger charge is 2.21. The molecule has 0 aliphatic carbocycles. The van der Waals surface area contributed by atoms with Crippen molar-refractivity contribution in [3.05, 3.63) is 46.5 Å². The molecular formula is C15H16BrNO3. The number of nitrogens with zero attached hydrogens (tertiary/aromatic N) is 1. The molecule has 1 heterocycles. The molecule has 2 rings (SSSR count). The number of hydrogen-bond acceptors (Lipinski definition) is 3. The number of carbonyl (C=O) groups excluding carboxylic acids is 1. The number of carbonyl (C=O) groups is 1. The molecule has 1 amide bonds. The summed E-state index contributed by atoms with van der Waals surface area (Å²) in [7, 11) is 0. The number of benzene rings is 1. The van der Waals surface area contributed by atoms with Crippen LogP contribution in [0.1, 0.15) is 5.56 Å². The number of aliphatic hydroxyl groups is 1. The van der Waals surface area contributed by atoms with Crippen molar-refractivity contribution in [1.82, 2.24) is 4.90 Å². The first-order valence-corrected chi connectivity index (χ1v) is 7.09. The molecular weight excluding hydrogens is 322 g/mol. The van der Waals surface area contributed by atoms with Crippen molar-refractivity contribution in [3.8, 4) is 5.75 Å². The van der Waals surface area contributed by atoms with Crippen LogP contribution >= 0.6 is 15.9 Å². The van der Waals surface area contributed by atoms with Crippen LogP contribution in [0.5, 0.6) is 5.75 Å². The maximum absolute atomic E-state index is 12.4. The van der Waals surface area contributed by atoms with Gasteiger partial charge in [-0.25, -0.2) is 0 Å². The van der Waals surface area contributed by atoms with Crippen molar-refractivity contribution >= 4 is 27.9 Å². The van der Waals surface area contributed by atoms with Crippen LogP contribution in [-0.2, 0) is 4.79 Å². The number of hydrogen-bond donors (Lipinski definition) is 1. The lowest BCUT2D eigenvalue weighted by atomic mass is 10.1. The van der Waals surface area contributed by atoms with Crippen molar-refractivity contribution < 1.29 is 14.6 Å². The van der Waals surface area contributed by atoms with Gasteiger partial charge in [-0.05, 0) is 24.3 Å². The minimum Gasteiger partial charge on any atom is -0.488 e. The van der Waals surface area contributed by atoms with Crippen LogP contribution in [0.15, 0.2) is 40.9 Å². The summed E-state index contributed by atoms with van der Waals surface area (Å²) in [5, 5.41) is 9.02. The molecule has 0 aromatic heterocycles. The molecule has 0 unspecified atom stereocenters. The lowest BCUT2D eigenvalue weighted by Gasteiger charge is -2.24. The predicted octanol–water partition coefficient (Wildman–Crippen LogP) is 2.23. The molecule has 1 N–H and O–H groups in total. The van der Waals surface area contributed by atoms with Gasteiger partial charge in [-0.1, -0.05) is 22.0 Å². The zero-order chi connectivity index (χ0) is 14.5. The predicted molar refractivity (Wildman–Crippen MR) is 81.5 cm³/mol. The van der Waals surface area contributed by atoms with Gasteiger partial charge in [-0.3, -0.25) is 4.79 Å². The third kappa shape index (κ3) is 3.29. The average Bonchev–Trinajstić information content (AvgIpc) is 2.45. The third-order valence-electron chi connectivity index (χ3n) is 2.97. The SMILES string of the molecule is C=CCN(CCO)C(=O)C1=Cc2cc(Br)ccc2OC1. The van der Waals surface area contributed by atoms with Crippen LogP contribution in [0.3, 0.4) is 0 Å². The molecule has 20 heavy (non-hydrogen) atoms. The Labute approximate surface area is 126 Å².